The molecule has 0 aliphatic heterocycles. The van der Waals surface area contributed by atoms with Crippen LogP contribution in [0.1, 0.15) is 22.3 Å². The zero-order valence-electron chi connectivity index (χ0n) is 12.2. The van der Waals surface area contributed by atoms with Crippen molar-refractivity contribution < 1.29 is 9.13 Å². The van der Waals surface area contributed by atoms with Crippen LogP contribution in [-0.4, -0.2) is 5.84 Å². The molecular formula is C16H18ClFN2O. The average molecular weight is 309 g/mol. The standard InChI is InChI=1S/C16H17FN2O.ClH/c1-9-7-8-10(2)15(11(9)3)20-13-6-4-5-12(17)14(13)16(18)19;/h4-8H,1-3H3,(H3,18,19);1H. The Morgan fingerprint density at radius 3 is 2.33 bits per heavy atom. The second kappa shape index (κ2) is 6.59. The largest absolute Gasteiger partial charge is 0.456 e. The number of halogens is 2. The molecule has 0 saturated carbocycles. The minimum Gasteiger partial charge on any atom is -0.456 e. The SMILES string of the molecule is Cc1ccc(C)c(Oc2cccc(F)c2C(=N)N)c1C.Cl. The third-order valence-electron chi connectivity index (χ3n) is 3.33. The molecule has 0 amide bonds. The third-order valence-corrected chi connectivity index (χ3v) is 3.33. The fraction of sp³-hybridized carbons (Fsp3) is 0.188. The van der Waals surface area contributed by atoms with Gasteiger partial charge >= 0.3 is 0 Å². The molecule has 2 aromatic rings. The van der Waals surface area contributed by atoms with Crippen LogP contribution in [0.2, 0.25) is 0 Å². The number of ether oxygens (including phenoxy) is 1. The van der Waals surface area contributed by atoms with Crippen molar-refractivity contribution >= 4 is 18.2 Å². The summed E-state index contributed by atoms with van der Waals surface area (Å²) in [4.78, 5) is 0. The molecule has 2 aromatic carbocycles. The van der Waals surface area contributed by atoms with Crippen molar-refractivity contribution in [2.45, 2.75) is 20.8 Å². The van der Waals surface area contributed by atoms with Gasteiger partial charge in [0.15, 0.2) is 0 Å². The van der Waals surface area contributed by atoms with Gasteiger partial charge in [0.25, 0.3) is 0 Å². The summed E-state index contributed by atoms with van der Waals surface area (Å²) in [6.07, 6.45) is 0. The van der Waals surface area contributed by atoms with Gasteiger partial charge in [0, 0.05) is 0 Å². The van der Waals surface area contributed by atoms with Crippen molar-refractivity contribution in [1.82, 2.24) is 0 Å². The van der Waals surface area contributed by atoms with E-state index in [2.05, 4.69) is 0 Å². The van der Waals surface area contributed by atoms with E-state index in [1.165, 1.54) is 12.1 Å². The summed E-state index contributed by atoms with van der Waals surface area (Å²) in [7, 11) is 0. The van der Waals surface area contributed by atoms with Crippen LogP contribution in [0.25, 0.3) is 0 Å². The first kappa shape index (κ1) is 17.0. The summed E-state index contributed by atoms with van der Waals surface area (Å²) in [5, 5.41) is 7.49. The molecular weight excluding hydrogens is 291 g/mol. The summed E-state index contributed by atoms with van der Waals surface area (Å²) in [5.41, 5.74) is 8.46. The molecule has 0 bridgehead atoms. The van der Waals surface area contributed by atoms with Crippen molar-refractivity contribution in [2.24, 2.45) is 5.73 Å². The van der Waals surface area contributed by atoms with E-state index in [-0.39, 0.29) is 29.6 Å². The second-order valence-corrected chi connectivity index (χ2v) is 4.78. The lowest BCUT2D eigenvalue weighted by Gasteiger charge is -2.16. The quantitative estimate of drug-likeness (QED) is 0.658. The number of aryl methyl sites for hydroxylation is 2. The Bertz CT molecular complexity index is 686. The van der Waals surface area contributed by atoms with Gasteiger partial charge in [0.2, 0.25) is 0 Å². The van der Waals surface area contributed by atoms with Gasteiger partial charge in [-0.15, -0.1) is 12.4 Å². The monoisotopic (exact) mass is 308 g/mol. The van der Waals surface area contributed by atoms with Gasteiger partial charge in [0.05, 0.1) is 5.56 Å². The predicted octanol–water partition coefficient (Wildman–Crippen LogP) is 4.25. The van der Waals surface area contributed by atoms with Crippen LogP contribution >= 0.6 is 12.4 Å². The number of nitrogen functional groups attached to an aromatic ring is 1. The number of nitrogens with two attached hydrogens (primary N) is 1. The van der Waals surface area contributed by atoms with E-state index in [1.807, 2.05) is 32.9 Å². The van der Waals surface area contributed by atoms with Gasteiger partial charge in [-0.2, -0.15) is 0 Å². The van der Waals surface area contributed by atoms with Crippen molar-refractivity contribution in [1.29, 1.82) is 5.41 Å². The minimum atomic E-state index is -0.557. The molecule has 0 fully saturated rings. The fourth-order valence-corrected chi connectivity index (χ4v) is 2.04. The van der Waals surface area contributed by atoms with Crippen LogP contribution < -0.4 is 10.5 Å². The number of amidine groups is 1. The van der Waals surface area contributed by atoms with Crippen LogP contribution in [-0.2, 0) is 0 Å². The lowest BCUT2D eigenvalue weighted by atomic mass is 10.1. The maximum Gasteiger partial charge on any atom is 0.141 e. The number of rotatable bonds is 3. The fourth-order valence-electron chi connectivity index (χ4n) is 2.04. The third kappa shape index (κ3) is 3.34. The van der Waals surface area contributed by atoms with Gasteiger partial charge in [-0.05, 0) is 49.6 Å². The molecule has 0 saturated heterocycles. The van der Waals surface area contributed by atoms with Crippen LogP contribution in [0.3, 0.4) is 0 Å². The van der Waals surface area contributed by atoms with Crippen LogP contribution in [0.4, 0.5) is 4.39 Å². The van der Waals surface area contributed by atoms with Crippen molar-refractivity contribution in [3.05, 3.63) is 58.4 Å². The lowest BCUT2D eigenvalue weighted by molar-refractivity contribution is 0.467. The molecule has 5 heteroatoms. The first-order valence-corrected chi connectivity index (χ1v) is 6.29. The number of hydrogen-bond acceptors (Lipinski definition) is 2. The van der Waals surface area contributed by atoms with E-state index in [0.29, 0.717) is 5.75 Å². The second-order valence-electron chi connectivity index (χ2n) is 4.78. The molecule has 2 rings (SSSR count). The van der Waals surface area contributed by atoms with Crippen molar-refractivity contribution in [3.8, 4) is 11.5 Å². The molecule has 0 aliphatic carbocycles. The Hall–Kier alpha value is -2.07. The molecule has 0 spiro atoms. The highest BCUT2D eigenvalue weighted by Gasteiger charge is 2.15. The number of benzene rings is 2. The molecule has 0 atom stereocenters. The summed E-state index contributed by atoms with van der Waals surface area (Å²) in [6, 6.07) is 8.37. The summed E-state index contributed by atoms with van der Waals surface area (Å²) >= 11 is 0. The Kier molecular flexibility index (Phi) is 5.33. The van der Waals surface area contributed by atoms with Crippen molar-refractivity contribution in [3.63, 3.8) is 0 Å². The highest BCUT2D eigenvalue weighted by molar-refractivity contribution is 5.98. The molecule has 0 aliphatic rings. The van der Waals surface area contributed by atoms with Crippen LogP contribution in [0, 0.1) is 32.0 Å². The molecule has 3 nitrogen and oxygen atoms in total. The van der Waals surface area contributed by atoms with Crippen molar-refractivity contribution in [2.75, 3.05) is 0 Å². The first-order valence-electron chi connectivity index (χ1n) is 6.29. The van der Waals surface area contributed by atoms with Crippen LogP contribution in [0.15, 0.2) is 30.3 Å². The van der Waals surface area contributed by atoms with Gasteiger partial charge in [-0.1, -0.05) is 18.2 Å². The van der Waals surface area contributed by atoms with E-state index in [0.717, 1.165) is 16.7 Å². The first-order chi connectivity index (χ1) is 9.41. The minimum absolute atomic E-state index is 0. The Labute approximate surface area is 129 Å². The van der Waals surface area contributed by atoms with E-state index in [4.69, 9.17) is 15.9 Å². The zero-order chi connectivity index (χ0) is 14.9. The Morgan fingerprint density at radius 2 is 1.71 bits per heavy atom. The summed E-state index contributed by atoms with van der Waals surface area (Å²) in [5.74, 6) is 0.0337. The number of hydrogen-bond donors (Lipinski definition) is 2. The molecule has 0 unspecified atom stereocenters. The Balaban J connectivity index is 0.00000220. The predicted molar refractivity (Wildman–Crippen MR) is 85.4 cm³/mol. The topological polar surface area (TPSA) is 59.1 Å². The van der Waals surface area contributed by atoms with Gasteiger partial charge in [0.1, 0.15) is 23.2 Å². The maximum atomic E-state index is 13.8. The van der Waals surface area contributed by atoms with E-state index < -0.39 is 5.82 Å². The Morgan fingerprint density at radius 1 is 1.10 bits per heavy atom. The van der Waals surface area contributed by atoms with Gasteiger partial charge in [-0.25, -0.2) is 4.39 Å². The lowest BCUT2D eigenvalue weighted by Crippen LogP contribution is -2.14. The van der Waals surface area contributed by atoms with E-state index in [1.54, 1.807) is 6.07 Å². The highest BCUT2D eigenvalue weighted by Crippen LogP contribution is 2.33. The maximum absolute atomic E-state index is 13.8. The number of nitrogens with one attached hydrogen (secondary N) is 1. The molecule has 3 N–H and O–H groups in total. The molecule has 0 aromatic heterocycles. The highest BCUT2D eigenvalue weighted by atomic mass is 35.5. The van der Waals surface area contributed by atoms with Gasteiger partial charge in [-0.3, -0.25) is 5.41 Å². The summed E-state index contributed by atoms with van der Waals surface area (Å²) < 4.78 is 19.6. The van der Waals surface area contributed by atoms with Gasteiger partial charge < -0.3 is 10.5 Å². The molecule has 0 radical (unpaired) electrons. The average Bonchev–Trinajstić information content (AvgIpc) is 2.39. The smallest absolute Gasteiger partial charge is 0.141 e. The normalized spacial score (nSPS) is 9.90. The summed E-state index contributed by atoms with van der Waals surface area (Å²) in [6.45, 7) is 5.86. The molecule has 21 heavy (non-hydrogen) atoms. The van der Waals surface area contributed by atoms with Crippen LogP contribution in [0.5, 0.6) is 11.5 Å². The van der Waals surface area contributed by atoms with E-state index in [9.17, 15) is 4.39 Å². The zero-order valence-corrected chi connectivity index (χ0v) is 13.0. The molecule has 112 valence electrons. The van der Waals surface area contributed by atoms with E-state index >= 15 is 0 Å². The molecule has 0 heterocycles.